The molecule has 0 spiro atoms. The molecule has 3 heteroatoms. The van der Waals surface area contributed by atoms with Gasteiger partial charge in [-0.25, -0.2) is 0 Å². The summed E-state index contributed by atoms with van der Waals surface area (Å²) in [5.41, 5.74) is 0.0217. The van der Waals surface area contributed by atoms with Crippen LogP contribution in [0.25, 0.3) is 0 Å². The third-order valence-electron chi connectivity index (χ3n) is 3.04. The van der Waals surface area contributed by atoms with E-state index in [4.69, 9.17) is 0 Å². The largest absolute Gasteiger partial charge is 0.351 e. The van der Waals surface area contributed by atoms with Crippen LogP contribution in [0.3, 0.4) is 0 Å². The van der Waals surface area contributed by atoms with Crippen molar-refractivity contribution in [2.24, 2.45) is 5.92 Å². The molecule has 1 amide bonds. The summed E-state index contributed by atoms with van der Waals surface area (Å²) >= 11 is 0. The van der Waals surface area contributed by atoms with Gasteiger partial charge in [-0.05, 0) is 26.8 Å². The summed E-state index contributed by atoms with van der Waals surface area (Å²) in [6.45, 7) is 8.19. The lowest BCUT2D eigenvalue weighted by molar-refractivity contribution is -0.126. The highest BCUT2D eigenvalue weighted by Gasteiger charge is 2.30. The van der Waals surface area contributed by atoms with Gasteiger partial charge in [0.2, 0.25) is 5.91 Å². The summed E-state index contributed by atoms with van der Waals surface area (Å²) in [5, 5.41) is 3.15. The standard InChI is InChI=1S/C11H22N2O/c1-9(2)10(14)12-11(3)5-7-13(4)8-6-11/h9H,5-8H2,1-4H3,(H,12,14). The Balaban J connectivity index is 2.46. The number of amides is 1. The normalized spacial score (nSPS) is 22.4. The van der Waals surface area contributed by atoms with E-state index in [2.05, 4.69) is 24.2 Å². The van der Waals surface area contributed by atoms with E-state index in [1.54, 1.807) is 0 Å². The van der Waals surface area contributed by atoms with E-state index < -0.39 is 0 Å². The average molecular weight is 198 g/mol. The summed E-state index contributed by atoms with van der Waals surface area (Å²) < 4.78 is 0. The molecule has 0 aromatic rings. The lowest BCUT2D eigenvalue weighted by atomic mass is 9.89. The van der Waals surface area contributed by atoms with Crippen molar-refractivity contribution in [1.82, 2.24) is 10.2 Å². The molecule has 82 valence electrons. The Bertz CT molecular complexity index is 205. The molecule has 1 fully saturated rings. The van der Waals surface area contributed by atoms with Crippen LogP contribution in [0.1, 0.15) is 33.6 Å². The Morgan fingerprint density at radius 3 is 2.29 bits per heavy atom. The van der Waals surface area contributed by atoms with Gasteiger partial charge in [0.1, 0.15) is 0 Å². The first-order chi connectivity index (χ1) is 6.43. The number of nitrogens with one attached hydrogen (secondary N) is 1. The van der Waals surface area contributed by atoms with Gasteiger partial charge in [0.15, 0.2) is 0 Å². The fourth-order valence-electron chi connectivity index (χ4n) is 1.68. The van der Waals surface area contributed by atoms with E-state index in [0.29, 0.717) is 0 Å². The molecular weight excluding hydrogens is 176 g/mol. The average Bonchev–Trinajstić information content (AvgIpc) is 2.10. The third kappa shape index (κ3) is 2.98. The minimum atomic E-state index is 0.0217. The SMILES string of the molecule is CC(C)C(=O)NC1(C)CCN(C)CC1. The van der Waals surface area contributed by atoms with Gasteiger partial charge in [0.25, 0.3) is 0 Å². The van der Waals surface area contributed by atoms with E-state index in [0.717, 1.165) is 25.9 Å². The predicted molar refractivity (Wildman–Crippen MR) is 58.1 cm³/mol. The molecule has 14 heavy (non-hydrogen) atoms. The quantitative estimate of drug-likeness (QED) is 0.724. The molecule has 0 aromatic carbocycles. The van der Waals surface area contributed by atoms with Gasteiger partial charge in [0, 0.05) is 24.5 Å². The van der Waals surface area contributed by atoms with E-state index in [-0.39, 0.29) is 17.4 Å². The van der Waals surface area contributed by atoms with Crippen LogP contribution < -0.4 is 5.32 Å². The van der Waals surface area contributed by atoms with E-state index in [1.807, 2.05) is 13.8 Å². The maximum absolute atomic E-state index is 11.6. The van der Waals surface area contributed by atoms with E-state index >= 15 is 0 Å². The van der Waals surface area contributed by atoms with Gasteiger partial charge in [0.05, 0.1) is 0 Å². The number of nitrogens with zero attached hydrogens (tertiary/aromatic N) is 1. The van der Waals surface area contributed by atoms with Crippen LogP contribution in [0.15, 0.2) is 0 Å². The molecule has 0 aromatic heterocycles. The van der Waals surface area contributed by atoms with Crippen molar-refractivity contribution < 1.29 is 4.79 Å². The topological polar surface area (TPSA) is 32.3 Å². The van der Waals surface area contributed by atoms with Gasteiger partial charge in [-0.15, -0.1) is 0 Å². The molecule has 1 heterocycles. The van der Waals surface area contributed by atoms with Gasteiger partial charge in [-0.3, -0.25) is 4.79 Å². The molecule has 1 N–H and O–H groups in total. The highest BCUT2D eigenvalue weighted by Crippen LogP contribution is 2.21. The van der Waals surface area contributed by atoms with Crippen molar-refractivity contribution in [1.29, 1.82) is 0 Å². The fraction of sp³-hybridized carbons (Fsp3) is 0.909. The van der Waals surface area contributed by atoms with Gasteiger partial charge < -0.3 is 10.2 Å². The van der Waals surface area contributed by atoms with E-state index in [1.165, 1.54) is 0 Å². The number of carbonyl (C=O) groups is 1. The van der Waals surface area contributed by atoms with Crippen LogP contribution >= 0.6 is 0 Å². The third-order valence-corrected chi connectivity index (χ3v) is 3.04. The second-order valence-corrected chi connectivity index (χ2v) is 5.01. The van der Waals surface area contributed by atoms with Crippen LogP contribution in [-0.4, -0.2) is 36.5 Å². The van der Waals surface area contributed by atoms with E-state index in [9.17, 15) is 4.79 Å². The van der Waals surface area contributed by atoms with Crippen LogP contribution in [0.2, 0.25) is 0 Å². The number of rotatable bonds is 2. The monoisotopic (exact) mass is 198 g/mol. The fourth-order valence-corrected chi connectivity index (χ4v) is 1.68. The highest BCUT2D eigenvalue weighted by atomic mass is 16.2. The molecule has 0 aliphatic carbocycles. The molecule has 3 nitrogen and oxygen atoms in total. The zero-order chi connectivity index (χ0) is 10.8. The summed E-state index contributed by atoms with van der Waals surface area (Å²) in [4.78, 5) is 13.9. The van der Waals surface area contributed by atoms with Crippen LogP contribution in [0.4, 0.5) is 0 Å². The van der Waals surface area contributed by atoms with Crippen molar-refractivity contribution in [3.05, 3.63) is 0 Å². The molecule has 0 saturated carbocycles. The van der Waals surface area contributed by atoms with Gasteiger partial charge in [-0.1, -0.05) is 13.8 Å². The minimum Gasteiger partial charge on any atom is -0.351 e. The van der Waals surface area contributed by atoms with Crippen molar-refractivity contribution in [2.75, 3.05) is 20.1 Å². The molecule has 1 saturated heterocycles. The summed E-state index contributed by atoms with van der Waals surface area (Å²) in [5.74, 6) is 0.267. The van der Waals surface area contributed by atoms with Crippen molar-refractivity contribution in [3.63, 3.8) is 0 Å². The molecule has 0 unspecified atom stereocenters. The second kappa shape index (κ2) is 4.30. The Morgan fingerprint density at radius 1 is 1.36 bits per heavy atom. The number of hydrogen-bond acceptors (Lipinski definition) is 2. The molecule has 0 atom stereocenters. The highest BCUT2D eigenvalue weighted by molar-refractivity contribution is 5.78. The molecule has 0 radical (unpaired) electrons. The Kier molecular flexibility index (Phi) is 3.53. The van der Waals surface area contributed by atoms with Crippen LogP contribution in [0, 0.1) is 5.92 Å². The summed E-state index contributed by atoms with van der Waals surface area (Å²) in [7, 11) is 2.13. The number of likely N-dealkylation sites (tertiary alicyclic amines) is 1. The Morgan fingerprint density at radius 2 is 1.86 bits per heavy atom. The lowest BCUT2D eigenvalue weighted by Gasteiger charge is -2.39. The lowest BCUT2D eigenvalue weighted by Crippen LogP contribution is -2.53. The molecular formula is C11H22N2O. The first-order valence-electron chi connectivity index (χ1n) is 5.43. The smallest absolute Gasteiger partial charge is 0.222 e. The Hall–Kier alpha value is -0.570. The van der Waals surface area contributed by atoms with Crippen molar-refractivity contribution in [3.8, 4) is 0 Å². The molecule has 1 rings (SSSR count). The number of piperidine rings is 1. The number of hydrogen-bond donors (Lipinski definition) is 1. The molecule has 1 aliphatic rings. The maximum atomic E-state index is 11.6. The van der Waals surface area contributed by atoms with Crippen molar-refractivity contribution >= 4 is 5.91 Å². The van der Waals surface area contributed by atoms with Crippen molar-refractivity contribution in [2.45, 2.75) is 39.2 Å². The Labute approximate surface area is 86.9 Å². The first-order valence-corrected chi connectivity index (χ1v) is 5.43. The number of carbonyl (C=O) groups excluding carboxylic acids is 1. The second-order valence-electron chi connectivity index (χ2n) is 5.01. The zero-order valence-electron chi connectivity index (χ0n) is 9.76. The first kappa shape index (κ1) is 11.5. The summed E-state index contributed by atoms with van der Waals surface area (Å²) in [6, 6.07) is 0. The zero-order valence-corrected chi connectivity index (χ0v) is 9.76. The van der Waals surface area contributed by atoms with Crippen LogP contribution in [-0.2, 0) is 4.79 Å². The van der Waals surface area contributed by atoms with Gasteiger partial charge in [-0.2, -0.15) is 0 Å². The summed E-state index contributed by atoms with van der Waals surface area (Å²) in [6.07, 6.45) is 2.12. The maximum Gasteiger partial charge on any atom is 0.222 e. The molecule has 0 bridgehead atoms. The minimum absolute atomic E-state index is 0.0217. The van der Waals surface area contributed by atoms with Crippen LogP contribution in [0.5, 0.6) is 0 Å². The molecule has 1 aliphatic heterocycles. The predicted octanol–water partition coefficient (Wildman–Crippen LogP) is 1.24. The van der Waals surface area contributed by atoms with Gasteiger partial charge >= 0.3 is 0 Å².